The van der Waals surface area contributed by atoms with Crippen molar-refractivity contribution in [3.8, 4) is 17.3 Å². The van der Waals surface area contributed by atoms with Gasteiger partial charge in [0.2, 0.25) is 5.91 Å². The van der Waals surface area contributed by atoms with Gasteiger partial charge in [-0.05, 0) is 24.1 Å². The molecule has 3 aromatic rings. The van der Waals surface area contributed by atoms with E-state index in [1.54, 1.807) is 23.1 Å². The van der Waals surface area contributed by atoms with Crippen molar-refractivity contribution in [2.24, 2.45) is 0 Å². The molecular weight excluding hydrogens is 354 g/mol. The summed E-state index contributed by atoms with van der Waals surface area (Å²) in [5.74, 6) is 0.00761. The molecule has 3 rings (SSSR count). The van der Waals surface area contributed by atoms with Gasteiger partial charge in [0.25, 0.3) is 0 Å². The highest BCUT2D eigenvalue weighted by Gasteiger charge is 2.18. The zero-order valence-electron chi connectivity index (χ0n) is 14.8. The zero-order valence-corrected chi connectivity index (χ0v) is 15.7. The highest BCUT2D eigenvalue weighted by molar-refractivity contribution is 7.14. The Balaban J connectivity index is 1.71. The topological polar surface area (TPSA) is 57.0 Å². The van der Waals surface area contributed by atoms with Crippen LogP contribution in [0.15, 0.2) is 72.6 Å². The largest absolute Gasteiger partial charge is 0.284 e. The summed E-state index contributed by atoms with van der Waals surface area (Å²) in [4.78, 5) is 19.1. The number of benzene rings is 2. The lowest BCUT2D eigenvalue weighted by molar-refractivity contribution is -0.118. The molecule has 0 radical (unpaired) electrons. The van der Waals surface area contributed by atoms with Gasteiger partial charge in [-0.1, -0.05) is 48.5 Å². The van der Waals surface area contributed by atoms with Crippen LogP contribution in [0.4, 0.5) is 5.13 Å². The molecule has 0 aliphatic rings. The van der Waals surface area contributed by atoms with E-state index in [4.69, 9.17) is 5.26 Å². The summed E-state index contributed by atoms with van der Waals surface area (Å²) in [6, 6.07) is 19.3. The molecule has 1 heterocycles. The molecule has 4 nitrogen and oxygen atoms in total. The number of hydrogen-bond donors (Lipinski definition) is 0. The van der Waals surface area contributed by atoms with Crippen molar-refractivity contribution in [1.82, 2.24) is 4.98 Å². The Labute approximate surface area is 163 Å². The minimum Gasteiger partial charge on any atom is -0.284 e. The Bertz CT molecular complexity index is 955. The van der Waals surface area contributed by atoms with Gasteiger partial charge in [0.15, 0.2) is 5.13 Å². The molecular formula is C22H19N3OS. The Hall–Kier alpha value is -3.23. The monoisotopic (exact) mass is 373 g/mol. The van der Waals surface area contributed by atoms with Gasteiger partial charge in [0, 0.05) is 23.9 Å². The van der Waals surface area contributed by atoms with Gasteiger partial charge in [-0.3, -0.25) is 9.69 Å². The van der Waals surface area contributed by atoms with Gasteiger partial charge in [0.05, 0.1) is 17.3 Å². The highest BCUT2D eigenvalue weighted by atomic mass is 32.1. The maximum atomic E-state index is 12.8. The average molecular weight is 373 g/mol. The van der Waals surface area contributed by atoms with E-state index in [0.717, 1.165) is 16.8 Å². The lowest BCUT2D eigenvalue weighted by Gasteiger charge is -2.18. The normalized spacial score (nSPS) is 10.2. The molecule has 2 aromatic carbocycles. The summed E-state index contributed by atoms with van der Waals surface area (Å²) in [7, 11) is 0. The smallest absolute Gasteiger partial charge is 0.229 e. The molecule has 0 saturated heterocycles. The zero-order chi connectivity index (χ0) is 19.1. The minimum absolute atomic E-state index is 0.00761. The molecule has 0 atom stereocenters. The van der Waals surface area contributed by atoms with Gasteiger partial charge >= 0.3 is 0 Å². The molecule has 134 valence electrons. The maximum absolute atomic E-state index is 12.8. The van der Waals surface area contributed by atoms with E-state index >= 15 is 0 Å². The van der Waals surface area contributed by atoms with Crippen molar-refractivity contribution in [1.29, 1.82) is 5.26 Å². The van der Waals surface area contributed by atoms with Crippen LogP contribution >= 0.6 is 11.3 Å². The first-order valence-corrected chi connectivity index (χ1v) is 9.50. The van der Waals surface area contributed by atoms with Crippen LogP contribution in [0.3, 0.4) is 0 Å². The molecule has 0 saturated carbocycles. The van der Waals surface area contributed by atoms with Crippen LogP contribution < -0.4 is 4.90 Å². The van der Waals surface area contributed by atoms with Crippen LogP contribution in [-0.4, -0.2) is 17.4 Å². The van der Waals surface area contributed by atoms with E-state index in [2.05, 4.69) is 17.6 Å². The molecule has 5 heteroatoms. The second kappa shape index (κ2) is 8.93. The van der Waals surface area contributed by atoms with Gasteiger partial charge in [-0.2, -0.15) is 5.26 Å². The molecule has 0 aliphatic heterocycles. The molecule has 0 aliphatic carbocycles. The average Bonchev–Trinajstić information content (AvgIpc) is 3.21. The molecule has 1 aromatic heterocycles. The third-order valence-electron chi connectivity index (χ3n) is 4.12. The molecule has 27 heavy (non-hydrogen) atoms. The van der Waals surface area contributed by atoms with E-state index in [1.807, 2.05) is 47.8 Å². The lowest BCUT2D eigenvalue weighted by Crippen LogP contribution is -2.31. The van der Waals surface area contributed by atoms with Crippen molar-refractivity contribution in [3.63, 3.8) is 0 Å². The van der Waals surface area contributed by atoms with Crippen molar-refractivity contribution in [3.05, 3.63) is 83.8 Å². The van der Waals surface area contributed by atoms with Crippen LogP contribution in [0.25, 0.3) is 11.3 Å². The number of carbonyl (C=O) groups excluding carboxylic acids is 1. The van der Waals surface area contributed by atoms with Gasteiger partial charge < -0.3 is 0 Å². The van der Waals surface area contributed by atoms with E-state index in [0.29, 0.717) is 30.1 Å². The molecule has 0 N–H and O–H groups in total. The summed E-state index contributed by atoms with van der Waals surface area (Å²) < 4.78 is 0. The Morgan fingerprint density at radius 3 is 2.59 bits per heavy atom. The van der Waals surface area contributed by atoms with Crippen molar-refractivity contribution < 1.29 is 4.79 Å². The van der Waals surface area contributed by atoms with Gasteiger partial charge in [0.1, 0.15) is 0 Å². The van der Waals surface area contributed by atoms with E-state index in [-0.39, 0.29) is 5.91 Å². The summed E-state index contributed by atoms with van der Waals surface area (Å²) in [6.45, 7) is 4.19. The first-order chi connectivity index (χ1) is 13.2. The third kappa shape index (κ3) is 4.69. The molecule has 0 spiro atoms. The first-order valence-electron chi connectivity index (χ1n) is 8.62. The number of rotatable bonds is 7. The SMILES string of the molecule is C=CCN(C(=O)CCc1ccc(C#N)cc1)c1nc(-c2ccccc2)cs1. The number of hydrogen-bond acceptors (Lipinski definition) is 4. The molecule has 0 unspecified atom stereocenters. The number of anilines is 1. The highest BCUT2D eigenvalue weighted by Crippen LogP contribution is 2.28. The Morgan fingerprint density at radius 2 is 1.93 bits per heavy atom. The predicted octanol–water partition coefficient (Wildman–Crippen LogP) is 4.83. The Morgan fingerprint density at radius 1 is 1.19 bits per heavy atom. The summed E-state index contributed by atoms with van der Waals surface area (Å²) in [5, 5.41) is 11.5. The molecule has 0 fully saturated rings. The van der Waals surface area contributed by atoms with Crippen LogP contribution in [0.1, 0.15) is 17.5 Å². The number of nitrogens with zero attached hydrogens (tertiary/aromatic N) is 3. The summed E-state index contributed by atoms with van der Waals surface area (Å²) in [5.41, 5.74) is 3.55. The van der Waals surface area contributed by atoms with Crippen LogP contribution in [0, 0.1) is 11.3 Å². The van der Waals surface area contributed by atoms with E-state index in [1.165, 1.54) is 11.3 Å². The second-order valence-corrected chi connectivity index (χ2v) is 6.82. The quantitative estimate of drug-likeness (QED) is 0.557. The number of carbonyl (C=O) groups is 1. The summed E-state index contributed by atoms with van der Waals surface area (Å²) >= 11 is 1.46. The van der Waals surface area contributed by atoms with Gasteiger partial charge in [-0.25, -0.2) is 4.98 Å². The third-order valence-corrected chi connectivity index (χ3v) is 4.98. The van der Waals surface area contributed by atoms with Crippen LogP contribution in [0.5, 0.6) is 0 Å². The fourth-order valence-electron chi connectivity index (χ4n) is 2.68. The van der Waals surface area contributed by atoms with E-state index < -0.39 is 0 Å². The number of nitriles is 1. The number of aryl methyl sites for hydroxylation is 1. The number of thiazole rings is 1. The molecule has 0 bridgehead atoms. The van der Waals surface area contributed by atoms with Crippen molar-refractivity contribution >= 4 is 22.4 Å². The Kier molecular flexibility index (Phi) is 6.14. The lowest BCUT2D eigenvalue weighted by atomic mass is 10.1. The molecule has 1 amide bonds. The maximum Gasteiger partial charge on any atom is 0.229 e. The van der Waals surface area contributed by atoms with Crippen LogP contribution in [0.2, 0.25) is 0 Å². The first kappa shape index (κ1) is 18.6. The summed E-state index contributed by atoms with van der Waals surface area (Å²) in [6.07, 6.45) is 2.71. The number of aromatic nitrogens is 1. The van der Waals surface area contributed by atoms with Crippen molar-refractivity contribution in [2.45, 2.75) is 12.8 Å². The minimum atomic E-state index is 0.00761. The second-order valence-electron chi connectivity index (χ2n) is 5.98. The standard InChI is InChI=1S/C22H19N3OS/c1-2-14-25(21(26)13-12-17-8-10-18(15-23)11-9-17)22-24-20(16-27-22)19-6-4-3-5-7-19/h2-11,16H,1,12-14H2. The fourth-order valence-corrected chi connectivity index (χ4v) is 3.54. The predicted molar refractivity (Wildman–Crippen MR) is 110 cm³/mol. The van der Waals surface area contributed by atoms with Gasteiger partial charge in [-0.15, -0.1) is 17.9 Å². The van der Waals surface area contributed by atoms with E-state index in [9.17, 15) is 4.79 Å². The van der Waals surface area contributed by atoms with Crippen molar-refractivity contribution in [2.75, 3.05) is 11.4 Å². The number of amides is 1. The van der Waals surface area contributed by atoms with Crippen LogP contribution in [-0.2, 0) is 11.2 Å². The fraction of sp³-hybridized carbons (Fsp3) is 0.136.